The molecule has 0 unspecified atom stereocenters. The molecule has 0 spiro atoms. The van der Waals surface area contributed by atoms with Crippen LogP contribution in [0.3, 0.4) is 0 Å². The molecule has 2 nitrogen and oxygen atoms in total. The normalized spacial score (nSPS) is 30.6. The molecule has 1 heterocycles. The van der Waals surface area contributed by atoms with Crippen LogP contribution in [0.25, 0.3) is 0 Å². The molecule has 0 aromatic rings. The van der Waals surface area contributed by atoms with Crippen LogP contribution in [-0.4, -0.2) is 31.1 Å². The van der Waals surface area contributed by atoms with Gasteiger partial charge in [0.2, 0.25) is 0 Å². The molecule has 0 aliphatic carbocycles. The molecule has 1 fully saturated rings. The lowest BCUT2D eigenvalue weighted by Gasteiger charge is -2.41. The average Bonchev–Trinajstić information content (AvgIpc) is 2.06. The largest absolute Gasteiger partial charge is 0.330 e. The fourth-order valence-electron chi connectivity index (χ4n) is 2.55. The first-order chi connectivity index (χ1) is 6.44. The molecule has 0 aromatic heterocycles. The second-order valence-corrected chi connectivity index (χ2v) is 5.95. The van der Waals surface area contributed by atoms with Gasteiger partial charge in [-0.25, -0.2) is 0 Å². The van der Waals surface area contributed by atoms with Gasteiger partial charge in [0.05, 0.1) is 0 Å². The standard InChI is InChI=1S/C12H26N2/c1-12(2,3)8-11-10(9-13)6-5-7-14(11)4/h10-11H,5-9,13H2,1-4H3/t10-,11-/m0/s1. The maximum atomic E-state index is 5.85. The molecule has 2 N–H and O–H groups in total. The molecular formula is C12H26N2. The molecule has 0 amide bonds. The Balaban J connectivity index is 2.60. The predicted octanol–water partition coefficient (Wildman–Crippen LogP) is 2.09. The monoisotopic (exact) mass is 198 g/mol. The summed E-state index contributed by atoms with van der Waals surface area (Å²) < 4.78 is 0. The van der Waals surface area contributed by atoms with Gasteiger partial charge in [-0.05, 0) is 50.7 Å². The van der Waals surface area contributed by atoms with Gasteiger partial charge in [0.1, 0.15) is 0 Å². The summed E-state index contributed by atoms with van der Waals surface area (Å²) in [6.07, 6.45) is 3.91. The molecule has 0 saturated carbocycles. The van der Waals surface area contributed by atoms with E-state index in [2.05, 4.69) is 32.7 Å². The van der Waals surface area contributed by atoms with Crippen LogP contribution in [0, 0.1) is 11.3 Å². The summed E-state index contributed by atoms with van der Waals surface area (Å²) in [7, 11) is 2.25. The zero-order chi connectivity index (χ0) is 10.8. The van der Waals surface area contributed by atoms with Crippen molar-refractivity contribution in [2.24, 2.45) is 17.1 Å². The first kappa shape index (κ1) is 12.0. The minimum Gasteiger partial charge on any atom is -0.330 e. The van der Waals surface area contributed by atoms with E-state index in [-0.39, 0.29) is 0 Å². The van der Waals surface area contributed by atoms with E-state index in [0.717, 1.165) is 6.54 Å². The van der Waals surface area contributed by atoms with Gasteiger partial charge in [0, 0.05) is 6.04 Å². The summed E-state index contributed by atoms with van der Waals surface area (Å²) >= 11 is 0. The zero-order valence-electron chi connectivity index (χ0n) is 10.2. The first-order valence-electron chi connectivity index (χ1n) is 5.84. The van der Waals surface area contributed by atoms with Crippen LogP contribution in [0.5, 0.6) is 0 Å². The van der Waals surface area contributed by atoms with Gasteiger partial charge in [0.25, 0.3) is 0 Å². The average molecular weight is 198 g/mol. The third-order valence-corrected chi connectivity index (χ3v) is 3.32. The smallest absolute Gasteiger partial charge is 0.0137 e. The van der Waals surface area contributed by atoms with E-state index in [9.17, 15) is 0 Å². The van der Waals surface area contributed by atoms with Crippen molar-refractivity contribution in [1.29, 1.82) is 0 Å². The van der Waals surface area contributed by atoms with Gasteiger partial charge in [0.15, 0.2) is 0 Å². The highest BCUT2D eigenvalue weighted by atomic mass is 15.1. The number of nitrogens with two attached hydrogens (primary N) is 1. The van der Waals surface area contributed by atoms with E-state index >= 15 is 0 Å². The van der Waals surface area contributed by atoms with Crippen LogP contribution in [0.15, 0.2) is 0 Å². The summed E-state index contributed by atoms with van der Waals surface area (Å²) in [6, 6.07) is 0.703. The second-order valence-electron chi connectivity index (χ2n) is 5.95. The van der Waals surface area contributed by atoms with Gasteiger partial charge < -0.3 is 10.6 Å². The molecule has 84 valence electrons. The zero-order valence-corrected chi connectivity index (χ0v) is 10.2. The third-order valence-electron chi connectivity index (χ3n) is 3.32. The van der Waals surface area contributed by atoms with Crippen LogP contribution in [-0.2, 0) is 0 Å². The van der Waals surface area contributed by atoms with Crippen molar-refractivity contribution in [1.82, 2.24) is 4.90 Å². The fourth-order valence-corrected chi connectivity index (χ4v) is 2.55. The van der Waals surface area contributed by atoms with Gasteiger partial charge in [-0.1, -0.05) is 20.8 Å². The highest BCUT2D eigenvalue weighted by Gasteiger charge is 2.31. The van der Waals surface area contributed by atoms with Crippen molar-refractivity contribution in [2.45, 2.75) is 46.1 Å². The van der Waals surface area contributed by atoms with Crippen molar-refractivity contribution in [3.63, 3.8) is 0 Å². The van der Waals surface area contributed by atoms with Crippen molar-refractivity contribution in [3.8, 4) is 0 Å². The molecule has 0 bridgehead atoms. The van der Waals surface area contributed by atoms with Crippen molar-refractivity contribution < 1.29 is 0 Å². The summed E-state index contributed by atoms with van der Waals surface area (Å²) in [4.78, 5) is 2.51. The van der Waals surface area contributed by atoms with E-state index in [1.807, 2.05) is 0 Å². The lowest BCUT2D eigenvalue weighted by Crippen LogP contribution is -2.47. The van der Waals surface area contributed by atoms with Gasteiger partial charge in [-0.15, -0.1) is 0 Å². The number of hydrogen-bond acceptors (Lipinski definition) is 2. The van der Waals surface area contributed by atoms with Crippen molar-refractivity contribution >= 4 is 0 Å². The summed E-state index contributed by atoms with van der Waals surface area (Å²) in [5.74, 6) is 0.716. The minimum absolute atomic E-state index is 0.420. The topological polar surface area (TPSA) is 29.3 Å². The second kappa shape index (κ2) is 4.63. The van der Waals surface area contributed by atoms with Gasteiger partial charge in [-0.3, -0.25) is 0 Å². The van der Waals surface area contributed by atoms with Gasteiger partial charge >= 0.3 is 0 Å². The van der Waals surface area contributed by atoms with E-state index in [0.29, 0.717) is 17.4 Å². The van der Waals surface area contributed by atoms with Crippen LogP contribution in [0.2, 0.25) is 0 Å². The van der Waals surface area contributed by atoms with Crippen molar-refractivity contribution in [3.05, 3.63) is 0 Å². The molecular weight excluding hydrogens is 172 g/mol. The summed E-state index contributed by atoms with van der Waals surface area (Å²) in [6.45, 7) is 9.07. The Morgan fingerprint density at radius 2 is 2.00 bits per heavy atom. The quantitative estimate of drug-likeness (QED) is 0.736. The Labute approximate surface area is 88.8 Å². The molecule has 1 aliphatic heterocycles. The molecule has 14 heavy (non-hydrogen) atoms. The number of likely N-dealkylation sites (tertiary alicyclic amines) is 1. The molecule has 1 saturated heterocycles. The molecule has 0 radical (unpaired) electrons. The maximum absolute atomic E-state index is 5.85. The Hall–Kier alpha value is -0.0800. The summed E-state index contributed by atoms with van der Waals surface area (Å²) in [5.41, 5.74) is 6.27. The Morgan fingerprint density at radius 3 is 2.50 bits per heavy atom. The minimum atomic E-state index is 0.420. The molecule has 1 rings (SSSR count). The third kappa shape index (κ3) is 3.25. The SMILES string of the molecule is CN1CCC[C@@H](CN)[C@@H]1CC(C)(C)C. The Morgan fingerprint density at radius 1 is 1.36 bits per heavy atom. The number of piperidine rings is 1. The lowest BCUT2D eigenvalue weighted by molar-refractivity contribution is 0.0874. The maximum Gasteiger partial charge on any atom is 0.0137 e. The number of nitrogens with zero attached hydrogens (tertiary/aromatic N) is 1. The highest BCUT2D eigenvalue weighted by Crippen LogP contribution is 2.31. The fraction of sp³-hybridized carbons (Fsp3) is 1.00. The lowest BCUT2D eigenvalue weighted by atomic mass is 9.79. The molecule has 2 atom stereocenters. The van der Waals surface area contributed by atoms with Gasteiger partial charge in [-0.2, -0.15) is 0 Å². The summed E-state index contributed by atoms with van der Waals surface area (Å²) in [5, 5.41) is 0. The Kier molecular flexibility index (Phi) is 3.96. The van der Waals surface area contributed by atoms with E-state index in [1.54, 1.807) is 0 Å². The molecule has 1 aliphatic rings. The van der Waals surface area contributed by atoms with Crippen LogP contribution >= 0.6 is 0 Å². The molecule has 2 heteroatoms. The van der Waals surface area contributed by atoms with E-state index in [1.165, 1.54) is 25.8 Å². The predicted molar refractivity (Wildman–Crippen MR) is 62.3 cm³/mol. The first-order valence-corrected chi connectivity index (χ1v) is 5.84. The van der Waals surface area contributed by atoms with E-state index in [4.69, 9.17) is 5.73 Å². The number of hydrogen-bond donors (Lipinski definition) is 1. The van der Waals surface area contributed by atoms with E-state index < -0.39 is 0 Å². The highest BCUT2D eigenvalue weighted by molar-refractivity contribution is 4.86. The van der Waals surface area contributed by atoms with Crippen LogP contribution in [0.1, 0.15) is 40.0 Å². The van der Waals surface area contributed by atoms with Crippen LogP contribution < -0.4 is 5.73 Å². The number of rotatable bonds is 2. The molecule has 0 aromatic carbocycles. The van der Waals surface area contributed by atoms with Crippen molar-refractivity contribution in [2.75, 3.05) is 20.1 Å². The Bertz CT molecular complexity index is 172. The van der Waals surface area contributed by atoms with Crippen LogP contribution in [0.4, 0.5) is 0 Å².